The average Bonchev–Trinajstić information content (AvgIpc) is 3.41. The lowest BCUT2D eigenvalue weighted by Crippen LogP contribution is -2.52. The summed E-state index contributed by atoms with van der Waals surface area (Å²) in [4.78, 5) is 15.0. The second-order valence-electron chi connectivity index (χ2n) is 12.5. The minimum absolute atomic E-state index is 0.0497. The van der Waals surface area contributed by atoms with Crippen LogP contribution in [0.3, 0.4) is 0 Å². The van der Waals surface area contributed by atoms with E-state index in [1.807, 2.05) is 6.92 Å². The van der Waals surface area contributed by atoms with Crippen molar-refractivity contribution in [2.24, 2.45) is 40.9 Å². The van der Waals surface area contributed by atoms with Crippen molar-refractivity contribution in [2.75, 3.05) is 13.2 Å². The highest BCUT2D eigenvalue weighted by Gasteiger charge is 2.59. The summed E-state index contributed by atoms with van der Waals surface area (Å²) in [7, 11) is 0. The third-order valence-corrected chi connectivity index (χ3v) is 10.7. The number of aliphatic hydroxyl groups is 1. The molecule has 0 bridgehead atoms. The van der Waals surface area contributed by atoms with Crippen molar-refractivity contribution in [1.29, 1.82) is 0 Å². The molecule has 0 saturated heterocycles. The molecule has 0 unspecified atom stereocenters. The average molecular weight is 498 g/mol. The monoisotopic (exact) mass is 497 g/mol. The van der Waals surface area contributed by atoms with E-state index in [1.165, 1.54) is 36.2 Å². The van der Waals surface area contributed by atoms with E-state index in [-0.39, 0.29) is 29.5 Å². The molecule has 1 N–H and O–H groups in total. The van der Waals surface area contributed by atoms with Gasteiger partial charge in [0, 0.05) is 18.6 Å². The Morgan fingerprint density at radius 2 is 1.89 bits per heavy atom. The highest BCUT2D eigenvalue weighted by molar-refractivity contribution is 5.82. The van der Waals surface area contributed by atoms with E-state index in [2.05, 4.69) is 17.1 Å². The summed E-state index contributed by atoms with van der Waals surface area (Å²) in [5, 5.41) is 19.9. The van der Waals surface area contributed by atoms with Crippen LogP contribution in [0.4, 0.5) is 4.39 Å². The smallest absolute Gasteiger partial charge is 0.159 e. The second kappa shape index (κ2) is 9.16. The maximum Gasteiger partial charge on any atom is 0.159 e. The van der Waals surface area contributed by atoms with E-state index >= 15 is 0 Å². The van der Waals surface area contributed by atoms with Crippen LogP contribution < -0.4 is 0 Å². The van der Waals surface area contributed by atoms with Gasteiger partial charge in [-0.3, -0.25) is 4.79 Å². The van der Waals surface area contributed by atoms with E-state index < -0.39 is 5.60 Å². The predicted molar refractivity (Wildman–Crippen MR) is 135 cm³/mol. The zero-order chi connectivity index (χ0) is 25.1. The lowest BCUT2D eigenvalue weighted by Gasteiger charge is -2.57. The van der Waals surface area contributed by atoms with Crippen molar-refractivity contribution in [1.82, 2.24) is 15.0 Å². The maximum atomic E-state index is 13.6. The molecule has 36 heavy (non-hydrogen) atoms. The zero-order valence-corrected chi connectivity index (χ0v) is 21.7. The van der Waals surface area contributed by atoms with Gasteiger partial charge >= 0.3 is 0 Å². The number of aromatic nitrogens is 3. The number of halogens is 1. The number of Topliss-reactive ketones (excluding diaryl/α,β-unsaturated/α-hetero) is 1. The summed E-state index contributed by atoms with van der Waals surface area (Å²) >= 11 is 0. The van der Waals surface area contributed by atoms with E-state index in [4.69, 9.17) is 4.74 Å². The number of ketones is 1. The number of benzene rings is 1. The number of hydrogen-bond donors (Lipinski definition) is 1. The lowest BCUT2D eigenvalue weighted by molar-refractivity contribution is -0.138. The zero-order valence-electron chi connectivity index (χ0n) is 21.7. The molecule has 8 atom stereocenters. The highest BCUT2D eigenvalue weighted by Crippen LogP contribution is 2.64. The Kier molecular flexibility index (Phi) is 6.23. The Balaban J connectivity index is 1.14. The van der Waals surface area contributed by atoms with E-state index in [0.29, 0.717) is 47.9 Å². The van der Waals surface area contributed by atoms with Crippen LogP contribution in [0, 0.1) is 46.7 Å². The number of ether oxygens (including phenoxy) is 1. The molecule has 1 heterocycles. The number of carbonyl (C=O) groups is 1. The van der Waals surface area contributed by atoms with Gasteiger partial charge in [-0.25, -0.2) is 4.39 Å². The van der Waals surface area contributed by atoms with E-state index in [9.17, 15) is 14.3 Å². The van der Waals surface area contributed by atoms with Crippen LogP contribution in [-0.2, 0) is 16.1 Å². The lowest BCUT2D eigenvalue weighted by atomic mass is 9.49. The molecular formula is C29H40FN3O3. The fourth-order valence-electron chi connectivity index (χ4n) is 9.17. The SMILES string of the molecule is CCOC[C@@]1(O)CC[C@H]2[C@H](CC[C@@H]3[C@@H]2CC[C@]2(C)[C@@H](C(=O)Cn4nc5ccc(F)cc5n4)CC[C@@H]32)C1. The van der Waals surface area contributed by atoms with Crippen LogP contribution in [0.25, 0.3) is 11.0 Å². The first-order valence-corrected chi connectivity index (χ1v) is 14.1. The number of rotatable bonds is 6. The summed E-state index contributed by atoms with van der Waals surface area (Å²) in [5.41, 5.74) is 0.525. The first kappa shape index (κ1) is 24.5. The Hall–Kier alpha value is -1.86. The van der Waals surface area contributed by atoms with Crippen molar-refractivity contribution >= 4 is 16.8 Å². The van der Waals surface area contributed by atoms with Crippen LogP contribution in [0.15, 0.2) is 18.2 Å². The molecule has 4 saturated carbocycles. The van der Waals surface area contributed by atoms with Crippen molar-refractivity contribution in [3.8, 4) is 0 Å². The van der Waals surface area contributed by atoms with Gasteiger partial charge < -0.3 is 9.84 Å². The largest absolute Gasteiger partial charge is 0.387 e. The van der Waals surface area contributed by atoms with Crippen LogP contribution in [0.5, 0.6) is 0 Å². The molecule has 0 spiro atoms. The van der Waals surface area contributed by atoms with Gasteiger partial charge in [0.05, 0.1) is 12.2 Å². The summed E-state index contributed by atoms with van der Waals surface area (Å²) in [6.07, 6.45) is 9.70. The molecule has 196 valence electrons. The standard InChI is InChI=1S/C29H40FN3O3/c1-3-36-17-29(35)13-11-20-18(15-29)4-6-22-21(20)10-12-28(2)23(22)7-8-24(28)27(34)16-33-31-25-9-5-19(30)14-26(25)32-33/h5,9,14,18,20-24,35H,3-4,6-8,10-13,15-17H2,1-2H3/t18-,20+,21-,22-,23+,24-,28+,29-/m1/s1. The maximum absolute atomic E-state index is 13.6. The summed E-state index contributed by atoms with van der Waals surface area (Å²) in [6.45, 7) is 5.67. The normalized spacial score (nSPS) is 40.0. The van der Waals surface area contributed by atoms with Gasteiger partial charge in [0.25, 0.3) is 0 Å². The van der Waals surface area contributed by atoms with E-state index in [0.717, 1.165) is 44.4 Å². The van der Waals surface area contributed by atoms with Gasteiger partial charge in [0.15, 0.2) is 5.78 Å². The fraction of sp³-hybridized carbons (Fsp3) is 0.759. The molecule has 0 radical (unpaired) electrons. The molecule has 1 aromatic heterocycles. The number of nitrogens with zero attached hydrogens (tertiary/aromatic N) is 3. The number of hydrogen-bond acceptors (Lipinski definition) is 5. The Morgan fingerprint density at radius 3 is 2.72 bits per heavy atom. The Labute approximate surface area is 213 Å². The molecular weight excluding hydrogens is 457 g/mol. The highest BCUT2D eigenvalue weighted by atomic mass is 19.1. The van der Waals surface area contributed by atoms with Gasteiger partial charge in [0.1, 0.15) is 23.4 Å². The molecule has 0 aliphatic heterocycles. The Morgan fingerprint density at radius 1 is 1.08 bits per heavy atom. The van der Waals surface area contributed by atoms with Crippen molar-refractivity contribution in [3.05, 3.63) is 24.0 Å². The molecule has 2 aromatic rings. The van der Waals surface area contributed by atoms with Crippen LogP contribution in [0.2, 0.25) is 0 Å². The molecule has 1 aromatic carbocycles. The third kappa shape index (κ3) is 4.10. The minimum atomic E-state index is -0.644. The number of fused-ring (bicyclic) bond motifs is 6. The molecule has 6 rings (SSSR count). The minimum Gasteiger partial charge on any atom is -0.387 e. The quantitative estimate of drug-likeness (QED) is 0.595. The first-order chi connectivity index (χ1) is 17.3. The van der Waals surface area contributed by atoms with E-state index in [1.54, 1.807) is 6.07 Å². The summed E-state index contributed by atoms with van der Waals surface area (Å²) < 4.78 is 19.2. The molecule has 7 heteroatoms. The second-order valence-corrected chi connectivity index (χ2v) is 12.5. The van der Waals surface area contributed by atoms with Gasteiger partial charge in [-0.2, -0.15) is 15.0 Å². The summed E-state index contributed by atoms with van der Waals surface area (Å²) in [6, 6.07) is 4.37. The molecule has 4 aliphatic rings. The molecule has 4 fully saturated rings. The predicted octanol–water partition coefficient (Wildman–Crippen LogP) is 5.18. The van der Waals surface area contributed by atoms with Crippen LogP contribution in [-0.4, -0.2) is 44.7 Å². The van der Waals surface area contributed by atoms with Crippen molar-refractivity contribution in [3.63, 3.8) is 0 Å². The van der Waals surface area contributed by atoms with Gasteiger partial charge in [-0.05, 0) is 112 Å². The van der Waals surface area contributed by atoms with Crippen molar-refractivity contribution < 1.29 is 19.0 Å². The van der Waals surface area contributed by atoms with Crippen LogP contribution >= 0.6 is 0 Å². The molecule has 4 aliphatic carbocycles. The topological polar surface area (TPSA) is 77.2 Å². The van der Waals surface area contributed by atoms with Gasteiger partial charge in [0.2, 0.25) is 0 Å². The Bertz CT molecular complexity index is 1140. The van der Waals surface area contributed by atoms with Gasteiger partial charge in [-0.1, -0.05) is 6.92 Å². The summed E-state index contributed by atoms with van der Waals surface area (Å²) in [5.74, 6) is 3.31. The van der Waals surface area contributed by atoms with Crippen molar-refractivity contribution in [2.45, 2.75) is 83.8 Å². The van der Waals surface area contributed by atoms with Crippen LogP contribution in [0.1, 0.15) is 71.6 Å². The molecule has 6 nitrogen and oxygen atoms in total. The third-order valence-electron chi connectivity index (χ3n) is 10.7. The first-order valence-electron chi connectivity index (χ1n) is 14.1. The fourth-order valence-corrected chi connectivity index (χ4v) is 9.17. The van der Waals surface area contributed by atoms with Gasteiger partial charge in [-0.15, -0.1) is 0 Å². The number of carbonyl (C=O) groups excluding carboxylic acids is 1. The molecule has 0 amide bonds.